The van der Waals surface area contributed by atoms with Crippen molar-refractivity contribution >= 4 is 11.6 Å². The van der Waals surface area contributed by atoms with Crippen molar-refractivity contribution < 1.29 is 9.26 Å². The molecule has 0 radical (unpaired) electrons. The topological polar surface area (TPSA) is 54.6 Å². The van der Waals surface area contributed by atoms with Gasteiger partial charge in [0.15, 0.2) is 5.82 Å². The van der Waals surface area contributed by atoms with E-state index in [1.165, 1.54) is 5.56 Å². The fourth-order valence-corrected chi connectivity index (χ4v) is 3.14. The third-order valence-corrected chi connectivity index (χ3v) is 4.48. The van der Waals surface area contributed by atoms with Crippen LogP contribution >= 0.6 is 11.6 Å². The molecular formula is C16H21ClN4O2. The molecule has 1 aliphatic heterocycles. The van der Waals surface area contributed by atoms with Gasteiger partial charge in [0.2, 0.25) is 5.89 Å². The summed E-state index contributed by atoms with van der Waals surface area (Å²) in [5.74, 6) is 2.06. The number of rotatable bonds is 4. The Hall–Kier alpha value is -1.63. The smallest absolute Gasteiger partial charge is 0.245 e. The highest BCUT2D eigenvalue weighted by atomic mass is 35.5. The number of aryl methyl sites for hydroxylation is 1. The molecule has 1 atom stereocenters. The molecule has 0 saturated carbocycles. The largest absolute Gasteiger partial charge is 0.495 e. The molecule has 1 aliphatic rings. The average Bonchev–Trinajstić information content (AvgIpc) is 2.96. The van der Waals surface area contributed by atoms with E-state index in [4.69, 9.17) is 20.9 Å². The minimum atomic E-state index is 0.124. The highest BCUT2D eigenvalue weighted by molar-refractivity contribution is 6.32. The van der Waals surface area contributed by atoms with E-state index in [2.05, 4.69) is 33.1 Å². The first kappa shape index (κ1) is 16.2. The van der Waals surface area contributed by atoms with Gasteiger partial charge in [0.1, 0.15) is 11.8 Å². The van der Waals surface area contributed by atoms with Crippen molar-refractivity contribution in [3.63, 3.8) is 0 Å². The molecule has 0 N–H and O–H groups in total. The number of likely N-dealkylation sites (N-methyl/N-ethyl adjacent to an activating group) is 1. The molecule has 2 aromatic rings. The fraction of sp³-hybridized carbons (Fsp3) is 0.500. The summed E-state index contributed by atoms with van der Waals surface area (Å²) in [4.78, 5) is 9.01. The Kier molecular flexibility index (Phi) is 4.84. The highest BCUT2D eigenvalue weighted by Gasteiger charge is 2.29. The molecule has 1 fully saturated rings. The molecule has 0 amide bonds. The predicted molar refractivity (Wildman–Crippen MR) is 87.7 cm³/mol. The average molecular weight is 337 g/mol. The number of aromatic nitrogens is 2. The SMILES string of the molecule is COc1ccc(CN2CCN(C)[C@@H](c3nc(C)no3)C2)cc1Cl. The van der Waals surface area contributed by atoms with Gasteiger partial charge in [-0.2, -0.15) is 4.98 Å². The van der Waals surface area contributed by atoms with E-state index < -0.39 is 0 Å². The van der Waals surface area contributed by atoms with Crippen LogP contribution in [-0.4, -0.2) is 53.7 Å². The van der Waals surface area contributed by atoms with Crippen LogP contribution in [0.1, 0.15) is 23.3 Å². The van der Waals surface area contributed by atoms with Gasteiger partial charge in [0.25, 0.3) is 0 Å². The van der Waals surface area contributed by atoms with E-state index in [9.17, 15) is 0 Å². The van der Waals surface area contributed by atoms with Crippen LogP contribution in [0.2, 0.25) is 5.02 Å². The number of hydrogen-bond acceptors (Lipinski definition) is 6. The molecule has 6 nitrogen and oxygen atoms in total. The minimum absolute atomic E-state index is 0.124. The highest BCUT2D eigenvalue weighted by Crippen LogP contribution is 2.27. The Balaban J connectivity index is 1.70. The van der Waals surface area contributed by atoms with Crippen molar-refractivity contribution in [3.8, 4) is 5.75 Å². The Bertz CT molecular complexity index is 676. The van der Waals surface area contributed by atoms with Gasteiger partial charge in [0.05, 0.1) is 12.1 Å². The van der Waals surface area contributed by atoms with Crippen molar-refractivity contribution in [1.29, 1.82) is 0 Å². The maximum atomic E-state index is 6.21. The van der Waals surface area contributed by atoms with Crippen molar-refractivity contribution in [2.75, 3.05) is 33.8 Å². The third kappa shape index (κ3) is 3.65. The summed E-state index contributed by atoms with van der Waals surface area (Å²) in [5, 5.41) is 4.55. The third-order valence-electron chi connectivity index (χ3n) is 4.18. The van der Waals surface area contributed by atoms with Gasteiger partial charge >= 0.3 is 0 Å². The van der Waals surface area contributed by atoms with Crippen LogP contribution in [0, 0.1) is 6.92 Å². The van der Waals surface area contributed by atoms with Gasteiger partial charge in [-0.25, -0.2) is 0 Å². The molecule has 0 spiro atoms. The van der Waals surface area contributed by atoms with Gasteiger partial charge < -0.3 is 9.26 Å². The zero-order chi connectivity index (χ0) is 16.4. The zero-order valence-corrected chi connectivity index (χ0v) is 14.4. The minimum Gasteiger partial charge on any atom is -0.495 e. The Morgan fingerprint density at radius 2 is 2.22 bits per heavy atom. The van der Waals surface area contributed by atoms with E-state index >= 15 is 0 Å². The molecule has 1 aromatic heterocycles. The first-order valence-electron chi connectivity index (χ1n) is 7.62. The maximum absolute atomic E-state index is 6.21. The van der Waals surface area contributed by atoms with Crippen LogP contribution in [0.5, 0.6) is 5.75 Å². The lowest BCUT2D eigenvalue weighted by Gasteiger charge is -2.37. The van der Waals surface area contributed by atoms with Crippen LogP contribution in [0.15, 0.2) is 22.7 Å². The molecule has 3 rings (SSSR count). The summed E-state index contributed by atoms with van der Waals surface area (Å²) < 4.78 is 10.6. The summed E-state index contributed by atoms with van der Waals surface area (Å²) in [6.07, 6.45) is 0. The molecule has 2 heterocycles. The second-order valence-electron chi connectivity index (χ2n) is 5.88. The summed E-state index contributed by atoms with van der Waals surface area (Å²) in [6, 6.07) is 6.05. The van der Waals surface area contributed by atoms with Gasteiger partial charge in [-0.05, 0) is 31.7 Å². The summed E-state index contributed by atoms with van der Waals surface area (Å²) in [5.41, 5.74) is 1.17. The molecule has 7 heteroatoms. The lowest BCUT2D eigenvalue weighted by Crippen LogP contribution is -2.46. The second kappa shape index (κ2) is 6.86. The van der Waals surface area contributed by atoms with Crippen molar-refractivity contribution in [3.05, 3.63) is 40.5 Å². The number of methoxy groups -OCH3 is 1. The van der Waals surface area contributed by atoms with Crippen molar-refractivity contribution in [2.45, 2.75) is 19.5 Å². The number of hydrogen-bond donors (Lipinski definition) is 0. The molecule has 0 bridgehead atoms. The molecule has 0 unspecified atom stereocenters. The van der Waals surface area contributed by atoms with Crippen LogP contribution < -0.4 is 4.74 Å². The van der Waals surface area contributed by atoms with Gasteiger partial charge in [0, 0.05) is 26.2 Å². The first-order chi connectivity index (χ1) is 11.1. The number of benzene rings is 1. The van der Waals surface area contributed by atoms with Crippen LogP contribution in [-0.2, 0) is 6.54 Å². The number of halogens is 1. The number of piperazine rings is 1. The van der Waals surface area contributed by atoms with Gasteiger partial charge in [-0.1, -0.05) is 22.8 Å². The summed E-state index contributed by atoms with van der Waals surface area (Å²) >= 11 is 6.21. The Labute approximate surface area is 141 Å². The van der Waals surface area contributed by atoms with Crippen LogP contribution in [0.25, 0.3) is 0 Å². The molecule has 0 aliphatic carbocycles. The quantitative estimate of drug-likeness (QED) is 0.855. The van der Waals surface area contributed by atoms with Crippen molar-refractivity contribution in [1.82, 2.24) is 19.9 Å². The molecular weight excluding hydrogens is 316 g/mol. The summed E-state index contributed by atoms with van der Waals surface area (Å²) in [6.45, 7) is 5.47. The molecule has 1 aromatic carbocycles. The van der Waals surface area contributed by atoms with E-state index in [1.54, 1.807) is 7.11 Å². The Morgan fingerprint density at radius 1 is 1.39 bits per heavy atom. The maximum Gasteiger partial charge on any atom is 0.245 e. The normalized spacial score (nSPS) is 19.9. The van der Waals surface area contributed by atoms with Crippen molar-refractivity contribution in [2.24, 2.45) is 0 Å². The van der Waals surface area contributed by atoms with E-state index in [0.29, 0.717) is 22.5 Å². The molecule has 124 valence electrons. The van der Waals surface area contributed by atoms with Gasteiger partial charge in [-0.3, -0.25) is 9.80 Å². The summed E-state index contributed by atoms with van der Waals surface area (Å²) in [7, 11) is 3.71. The lowest BCUT2D eigenvalue weighted by atomic mass is 10.1. The molecule has 23 heavy (non-hydrogen) atoms. The van der Waals surface area contributed by atoms with Gasteiger partial charge in [-0.15, -0.1) is 0 Å². The Morgan fingerprint density at radius 3 is 2.87 bits per heavy atom. The monoisotopic (exact) mass is 336 g/mol. The van der Waals surface area contributed by atoms with Crippen LogP contribution in [0.3, 0.4) is 0 Å². The lowest BCUT2D eigenvalue weighted by molar-refractivity contribution is 0.0714. The first-order valence-corrected chi connectivity index (χ1v) is 8.00. The van der Waals surface area contributed by atoms with E-state index in [1.807, 2.05) is 19.1 Å². The standard InChI is InChI=1S/C16H21ClN4O2/c1-11-18-16(23-19-11)14-10-21(7-6-20(14)2)9-12-4-5-15(22-3)13(17)8-12/h4-5,8,14H,6-7,9-10H2,1-3H3/t14-/m1/s1. The van der Waals surface area contributed by atoms with E-state index in [0.717, 1.165) is 26.2 Å². The zero-order valence-electron chi connectivity index (χ0n) is 13.6. The fourth-order valence-electron chi connectivity index (χ4n) is 2.86. The van der Waals surface area contributed by atoms with Crippen LogP contribution in [0.4, 0.5) is 0 Å². The predicted octanol–water partition coefficient (Wildman–Crippen LogP) is 2.53. The number of ether oxygens (including phenoxy) is 1. The second-order valence-corrected chi connectivity index (χ2v) is 6.29. The van der Waals surface area contributed by atoms with E-state index in [-0.39, 0.29) is 6.04 Å². The number of nitrogens with zero attached hydrogens (tertiary/aromatic N) is 4. The molecule has 1 saturated heterocycles.